The van der Waals surface area contributed by atoms with Gasteiger partial charge >= 0.3 is 5.97 Å². The Balaban J connectivity index is 3.01. The van der Waals surface area contributed by atoms with Crippen LogP contribution in [0.15, 0.2) is 18.2 Å². The highest BCUT2D eigenvalue weighted by atomic mass is 35.5. The third-order valence-corrected chi connectivity index (χ3v) is 2.60. The molecule has 1 unspecified atom stereocenters. The molecule has 0 radical (unpaired) electrons. The molecule has 1 amide bonds. The first-order valence-corrected chi connectivity index (χ1v) is 5.62. The van der Waals surface area contributed by atoms with Crippen LogP contribution in [-0.4, -0.2) is 42.1 Å². The number of carbonyl (C=O) groups excluding carboxylic acids is 1. The normalized spacial score (nSPS) is 11.8. The lowest BCUT2D eigenvalue weighted by molar-refractivity contribution is -0.135. The summed E-state index contributed by atoms with van der Waals surface area (Å²) >= 11 is 5.79. The van der Waals surface area contributed by atoms with E-state index in [1.807, 2.05) is 0 Å². The van der Waals surface area contributed by atoms with E-state index >= 15 is 0 Å². The van der Waals surface area contributed by atoms with Crippen molar-refractivity contribution >= 4 is 23.5 Å². The lowest BCUT2D eigenvalue weighted by Crippen LogP contribution is -2.35. The molecule has 0 fully saturated rings. The van der Waals surface area contributed by atoms with Gasteiger partial charge in [-0.25, -0.2) is 4.79 Å². The lowest BCUT2D eigenvalue weighted by Gasteiger charge is -2.19. The van der Waals surface area contributed by atoms with Crippen LogP contribution in [0.3, 0.4) is 0 Å². The average molecular weight is 272 g/mol. The van der Waals surface area contributed by atoms with Crippen LogP contribution in [0.2, 0.25) is 5.02 Å². The largest absolute Gasteiger partial charge is 0.480 e. The molecule has 6 heteroatoms. The first-order chi connectivity index (χ1) is 8.34. The molecule has 0 saturated heterocycles. The molecule has 1 N–H and O–H groups in total. The van der Waals surface area contributed by atoms with E-state index in [2.05, 4.69) is 0 Å². The van der Waals surface area contributed by atoms with Crippen LogP contribution >= 0.6 is 11.6 Å². The second-order valence-corrected chi connectivity index (χ2v) is 4.32. The number of aromatic carboxylic acids is 1. The summed E-state index contributed by atoms with van der Waals surface area (Å²) in [6, 6.07) is 4.49. The Kier molecular flexibility index (Phi) is 4.55. The maximum Gasteiger partial charge on any atom is 0.341 e. The molecule has 1 aromatic carbocycles. The Labute approximate surface area is 110 Å². The Morgan fingerprint density at radius 3 is 2.50 bits per heavy atom. The number of benzene rings is 1. The van der Waals surface area contributed by atoms with Gasteiger partial charge < -0.3 is 14.7 Å². The summed E-state index contributed by atoms with van der Waals surface area (Å²) in [7, 11) is 3.19. The first kappa shape index (κ1) is 14.3. The van der Waals surface area contributed by atoms with Gasteiger partial charge in [-0.2, -0.15) is 0 Å². The van der Waals surface area contributed by atoms with Gasteiger partial charge in [0.25, 0.3) is 5.91 Å². The fourth-order valence-electron chi connectivity index (χ4n) is 1.41. The first-order valence-electron chi connectivity index (χ1n) is 5.24. The van der Waals surface area contributed by atoms with Crippen LogP contribution in [-0.2, 0) is 4.79 Å². The number of rotatable bonds is 4. The van der Waals surface area contributed by atoms with E-state index in [9.17, 15) is 9.59 Å². The van der Waals surface area contributed by atoms with Crippen molar-refractivity contribution in [2.45, 2.75) is 13.0 Å². The fraction of sp³-hybridized carbons (Fsp3) is 0.333. The third kappa shape index (κ3) is 3.13. The molecular weight excluding hydrogens is 258 g/mol. The van der Waals surface area contributed by atoms with Crippen LogP contribution in [0.25, 0.3) is 0 Å². The van der Waals surface area contributed by atoms with Crippen molar-refractivity contribution in [1.29, 1.82) is 0 Å². The predicted octanol–water partition coefficient (Wildman–Crippen LogP) is 1.89. The minimum atomic E-state index is -1.19. The molecule has 1 aromatic rings. The predicted molar refractivity (Wildman–Crippen MR) is 67.2 cm³/mol. The highest BCUT2D eigenvalue weighted by Gasteiger charge is 2.21. The summed E-state index contributed by atoms with van der Waals surface area (Å²) in [6.45, 7) is 1.55. The van der Waals surface area contributed by atoms with Gasteiger partial charge in [-0.05, 0) is 19.1 Å². The SMILES string of the molecule is CC(Oc1cccc(Cl)c1C(=O)O)C(=O)N(C)C. The molecule has 0 bridgehead atoms. The summed E-state index contributed by atoms with van der Waals surface area (Å²) in [4.78, 5) is 24.1. The summed E-state index contributed by atoms with van der Waals surface area (Å²) in [5, 5.41) is 9.12. The standard InChI is InChI=1S/C12H14ClNO4/c1-7(11(15)14(2)3)18-9-6-4-5-8(13)10(9)12(16)17/h4-7H,1-3H3,(H,16,17). The summed E-state index contributed by atoms with van der Waals surface area (Å²) in [5.41, 5.74) is -0.141. The van der Waals surface area contributed by atoms with Crippen LogP contribution in [0, 0.1) is 0 Å². The minimum Gasteiger partial charge on any atom is -0.480 e. The number of hydrogen-bond acceptors (Lipinski definition) is 3. The molecule has 1 rings (SSSR count). The van der Waals surface area contributed by atoms with E-state index < -0.39 is 12.1 Å². The molecule has 0 saturated carbocycles. The Bertz CT molecular complexity index is 473. The van der Waals surface area contributed by atoms with Crippen molar-refractivity contribution in [3.8, 4) is 5.75 Å². The molecule has 0 spiro atoms. The van der Waals surface area contributed by atoms with Gasteiger partial charge in [0.2, 0.25) is 0 Å². The van der Waals surface area contributed by atoms with E-state index in [1.165, 1.54) is 17.0 Å². The van der Waals surface area contributed by atoms with E-state index in [0.717, 1.165) is 0 Å². The maximum atomic E-state index is 11.6. The molecular formula is C12H14ClNO4. The molecule has 1 atom stereocenters. The zero-order valence-corrected chi connectivity index (χ0v) is 11.1. The quantitative estimate of drug-likeness (QED) is 0.908. The second kappa shape index (κ2) is 5.73. The highest BCUT2D eigenvalue weighted by molar-refractivity contribution is 6.33. The maximum absolute atomic E-state index is 11.6. The van der Waals surface area contributed by atoms with Gasteiger partial charge in [-0.15, -0.1) is 0 Å². The third-order valence-electron chi connectivity index (χ3n) is 2.28. The van der Waals surface area contributed by atoms with E-state index in [1.54, 1.807) is 27.1 Å². The number of carboxylic acid groups (broad SMARTS) is 1. The topological polar surface area (TPSA) is 66.8 Å². The fourth-order valence-corrected chi connectivity index (χ4v) is 1.66. The van der Waals surface area contributed by atoms with Crippen LogP contribution in [0.4, 0.5) is 0 Å². The minimum absolute atomic E-state index is 0.0736. The smallest absolute Gasteiger partial charge is 0.341 e. The highest BCUT2D eigenvalue weighted by Crippen LogP contribution is 2.27. The Morgan fingerprint density at radius 2 is 2.00 bits per heavy atom. The van der Waals surface area contributed by atoms with Crippen molar-refractivity contribution < 1.29 is 19.4 Å². The molecule has 0 aliphatic heterocycles. The number of carboxylic acids is 1. The monoisotopic (exact) mass is 271 g/mol. The number of nitrogens with zero attached hydrogens (tertiary/aromatic N) is 1. The van der Waals surface area contributed by atoms with Crippen molar-refractivity contribution in [1.82, 2.24) is 4.90 Å². The number of hydrogen-bond donors (Lipinski definition) is 1. The summed E-state index contributed by atoms with van der Waals surface area (Å²) in [6.07, 6.45) is -0.781. The van der Waals surface area contributed by atoms with Gasteiger partial charge in [-0.3, -0.25) is 4.79 Å². The van der Waals surface area contributed by atoms with Crippen molar-refractivity contribution in [3.05, 3.63) is 28.8 Å². The van der Waals surface area contributed by atoms with Crippen LogP contribution < -0.4 is 4.74 Å². The summed E-state index contributed by atoms with van der Waals surface area (Å²) in [5.74, 6) is -1.37. The van der Waals surface area contributed by atoms with Gasteiger partial charge in [0.05, 0.1) is 5.02 Å². The number of carbonyl (C=O) groups is 2. The van der Waals surface area contributed by atoms with Gasteiger partial charge in [0, 0.05) is 14.1 Å². The van der Waals surface area contributed by atoms with Crippen molar-refractivity contribution in [2.24, 2.45) is 0 Å². The van der Waals surface area contributed by atoms with Crippen molar-refractivity contribution in [3.63, 3.8) is 0 Å². The lowest BCUT2D eigenvalue weighted by atomic mass is 10.2. The zero-order valence-electron chi connectivity index (χ0n) is 10.3. The van der Waals surface area contributed by atoms with Gasteiger partial charge in [0.1, 0.15) is 11.3 Å². The number of halogens is 1. The number of amides is 1. The van der Waals surface area contributed by atoms with Crippen molar-refractivity contribution in [2.75, 3.05) is 14.1 Å². The van der Waals surface area contributed by atoms with Gasteiger partial charge in [0.15, 0.2) is 6.10 Å². The second-order valence-electron chi connectivity index (χ2n) is 3.91. The van der Waals surface area contributed by atoms with E-state index in [-0.39, 0.29) is 22.2 Å². The van der Waals surface area contributed by atoms with E-state index in [4.69, 9.17) is 21.4 Å². The average Bonchev–Trinajstić information content (AvgIpc) is 2.27. The summed E-state index contributed by atoms with van der Waals surface area (Å²) < 4.78 is 5.35. The Morgan fingerprint density at radius 1 is 1.39 bits per heavy atom. The molecule has 5 nitrogen and oxygen atoms in total. The van der Waals surface area contributed by atoms with Crippen LogP contribution in [0.1, 0.15) is 17.3 Å². The number of likely N-dealkylation sites (N-methyl/N-ethyl adjacent to an activating group) is 1. The van der Waals surface area contributed by atoms with Crippen LogP contribution in [0.5, 0.6) is 5.75 Å². The molecule has 0 aliphatic carbocycles. The molecule has 0 heterocycles. The van der Waals surface area contributed by atoms with E-state index in [0.29, 0.717) is 0 Å². The Hall–Kier alpha value is -1.75. The molecule has 0 aliphatic rings. The zero-order chi connectivity index (χ0) is 13.9. The van der Waals surface area contributed by atoms with Gasteiger partial charge in [-0.1, -0.05) is 17.7 Å². The molecule has 0 aromatic heterocycles. The molecule has 18 heavy (non-hydrogen) atoms. The number of ether oxygens (including phenoxy) is 1. The molecule has 98 valence electrons.